The smallest absolute Gasteiger partial charge is 0.303 e. The average molecular weight is 339 g/mol. The van der Waals surface area contributed by atoms with Crippen LogP contribution in [0, 0.1) is 0 Å². The van der Waals surface area contributed by atoms with Crippen molar-refractivity contribution in [2.24, 2.45) is 0 Å². The average Bonchev–Trinajstić information content (AvgIpc) is 2.38. The minimum absolute atomic E-state index is 0.0131. The Balaban J connectivity index is 3.29. The van der Waals surface area contributed by atoms with Gasteiger partial charge in [0, 0.05) is 23.9 Å². The van der Waals surface area contributed by atoms with Crippen LogP contribution in [-0.2, 0) is 17.1 Å². The van der Waals surface area contributed by atoms with Crippen LogP contribution >= 0.6 is 0 Å². The zero-order valence-electron chi connectivity index (χ0n) is 10.3. The molecule has 1 aromatic heterocycles. The maximum Gasteiger partial charge on any atom is 0.460 e. The van der Waals surface area contributed by atoms with Crippen LogP contribution in [0.1, 0.15) is 11.3 Å². The lowest BCUT2D eigenvalue weighted by molar-refractivity contribution is -0.399. The highest BCUT2D eigenvalue weighted by atomic mass is 19.4. The van der Waals surface area contributed by atoms with E-state index in [1.54, 1.807) is 0 Å². The molecule has 11 heteroatoms. The Kier molecular flexibility index (Phi) is 4.50. The van der Waals surface area contributed by atoms with Crippen molar-refractivity contribution in [3.63, 3.8) is 0 Å². The number of carbonyl (C=O) groups is 1. The molecule has 22 heavy (non-hydrogen) atoms. The van der Waals surface area contributed by atoms with Crippen molar-refractivity contribution in [1.82, 2.24) is 4.98 Å². The molecule has 0 N–H and O–H groups in total. The fourth-order valence-corrected chi connectivity index (χ4v) is 1.37. The number of hydrogen-bond donors (Lipinski definition) is 0. The maximum atomic E-state index is 13.4. The second-order valence-corrected chi connectivity index (χ2v) is 4.13. The molecule has 0 fully saturated rings. The van der Waals surface area contributed by atoms with Crippen molar-refractivity contribution >= 4 is 6.29 Å². The summed E-state index contributed by atoms with van der Waals surface area (Å²) in [4.78, 5) is 13.2. The molecule has 0 bridgehead atoms. The predicted octanol–water partition coefficient (Wildman–Crippen LogP) is 3.75. The van der Waals surface area contributed by atoms with Crippen LogP contribution in [-0.4, -0.2) is 29.3 Å². The first-order valence-electron chi connectivity index (χ1n) is 5.38. The molecule has 0 aliphatic rings. The molecule has 0 atom stereocenters. The lowest BCUT2D eigenvalue weighted by Gasteiger charge is -2.33. The van der Waals surface area contributed by atoms with Crippen molar-refractivity contribution in [3.05, 3.63) is 29.6 Å². The third-order valence-corrected chi connectivity index (χ3v) is 2.62. The van der Waals surface area contributed by atoms with Crippen LogP contribution in [0.3, 0.4) is 0 Å². The van der Waals surface area contributed by atoms with Gasteiger partial charge in [0.15, 0.2) is 0 Å². The van der Waals surface area contributed by atoms with Gasteiger partial charge in [0.05, 0.1) is 0 Å². The monoisotopic (exact) mass is 339 g/mol. The lowest BCUT2D eigenvalue weighted by atomic mass is 9.98. The second-order valence-electron chi connectivity index (χ2n) is 4.13. The van der Waals surface area contributed by atoms with E-state index in [4.69, 9.17) is 0 Å². The molecule has 1 rings (SSSR count). The van der Waals surface area contributed by atoms with Crippen LogP contribution in [0.15, 0.2) is 18.3 Å². The van der Waals surface area contributed by atoms with E-state index in [1.807, 2.05) is 0 Å². The van der Waals surface area contributed by atoms with Gasteiger partial charge in [0.2, 0.25) is 0 Å². The first-order chi connectivity index (χ1) is 9.79. The van der Waals surface area contributed by atoms with E-state index >= 15 is 0 Å². The standard InChI is InChI=1S/C11H6F9NO/c12-8(13,6-1-2-7(3-4-22)21-5-6)9(14,15)10(16,17)11(18,19)20/h1-2,4-5H,3H2. The van der Waals surface area contributed by atoms with E-state index in [-0.39, 0.29) is 24.4 Å². The molecule has 0 spiro atoms. The molecule has 0 radical (unpaired) electrons. The molecule has 0 aliphatic carbocycles. The van der Waals surface area contributed by atoms with Gasteiger partial charge in [-0.1, -0.05) is 0 Å². The molecule has 1 heterocycles. The normalized spacial score (nSPS) is 14.0. The highest BCUT2D eigenvalue weighted by Crippen LogP contribution is 2.56. The molecule has 124 valence electrons. The van der Waals surface area contributed by atoms with Crippen LogP contribution in [0.5, 0.6) is 0 Å². The van der Waals surface area contributed by atoms with Crippen LogP contribution in [0.2, 0.25) is 0 Å². The highest BCUT2D eigenvalue weighted by Gasteiger charge is 2.82. The summed E-state index contributed by atoms with van der Waals surface area (Å²) in [6, 6.07) is 0.839. The summed E-state index contributed by atoms with van der Waals surface area (Å²) >= 11 is 0. The van der Waals surface area contributed by atoms with Crippen molar-refractivity contribution in [2.75, 3.05) is 0 Å². The number of hydrogen-bond acceptors (Lipinski definition) is 2. The Morgan fingerprint density at radius 1 is 0.909 bits per heavy atom. The number of rotatable bonds is 5. The summed E-state index contributed by atoms with van der Waals surface area (Å²) in [6.07, 6.45) is -6.93. The fraction of sp³-hybridized carbons (Fsp3) is 0.455. The van der Waals surface area contributed by atoms with Crippen molar-refractivity contribution in [2.45, 2.75) is 30.4 Å². The number of carbonyl (C=O) groups excluding carboxylic acids is 1. The summed E-state index contributed by atoms with van der Waals surface area (Å²) in [6.45, 7) is 0. The second kappa shape index (κ2) is 5.43. The number of aldehydes is 1. The third kappa shape index (κ3) is 2.75. The summed E-state index contributed by atoms with van der Waals surface area (Å²) in [5.41, 5.74) is -1.99. The van der Waals surface area contributed by atoms with E-state index in [2.05, 4.69) is 4.98 Å². The molecule has 0 aromatic carbocycles. The SMILES string of the molecule is O=CCc1ccc(C(F)(F)C(F)(F)C(F)(F)C(F)(F)F)cn1. The van der Waals surface area contributed by atoms with Gasteiger partial charge in [-0.25, -0.2) is 0 Å². The van der Waals surface area contributed by atoms with E-state index < -0.39 is 29.5 Å². The summed E-state index contributed by atoms with van der Waals surface area (Å²) < 4.78 is 114. The number of halogens is 9. The van der Waals surface area contributed by atoms with Gasteiger partial charge < -0.3 is 4.79 Å². The maximum absolute atomic E-state index is 13.4. The van der Waals surface area contributed by atoms with Gasteiger partial charge in [-0.3, -0.25) is 4.98 Å². The van der Waals surface area contributed by atoms with Gasteiger partial charge in [-0.15, -0.1) is 0 Å². The Hall–Kier alpha value is -1.81. The van der Waals surface area contributed by atoms with Gasteiger partial charge in [0.1, 0.15) is 6.29 Å². The summed E-state index contributed by atoms with van der Waals surface area (Å²) in [7, 11) is 0. The molecular weight excluding hydrogens is 333 g/mol. The number of alkyl halides is 9. The van der Waals surface area contributed by atoms with E-state index in [9.17, 15) is 44.3 Å². The van der Waals surface area contributed by atoms with Crippen LogP contribution in [0.25, 0.3) is 0 Å². The molecule has 2 nitrogen and oxygen atoms in total. The molecule has 0 saturated heterocycles. The minimum atomic E-state index is -6.95. The quantitative estimate of drug-likeness (QED) is 0.604. The largest absolute Gasteiger partial charge is 0.460 e. The van der Waals surface area contributed by atoms with Crippen molar-refractivity contribution in [1.29, 1.82) is 0 Å². The lowest BCUT2D eigenvalue weighted by Crippen LogP contribution is -2.59. The Bertz CT molecular complexity index is 535. The van der Waals surface area contributed by atoms with E-state index in [1.165, 1.54) is 0 Å². The van der Waals surface area contributed by atoms with Gasteiger partial charge >= 0.3 is 23.9 Å². The van der Waals surface area contributed by atoms with Crippen molar-refractivity contribution in [3.8, 4) is 0 Å². The highest BCUT2D eigenvalue weighted by molar-refractivity contribution is 5.53. The van der Waals surface area contributed by atoms with Gasteiger partial charge in [-0.2, -0.15) is 39.5 Å². The van der Waals surface area contributed by atoms with Gasteiger partial charge in [0.25, 0.3) is 0 Å². The van der Waals surface area contributed by atoms with Gasteiger partial charge in [-0.05, 0) is 12.1 Å². The predicted molar refractivity (Wildman–Crippen MR) is 53.8 cm³/mol. The molecule has 0 aliphatic heterocycles. The first-order valence-corrected chi connectivity index (χ1v) is 5.38. The third-order valence-electron chi connectivity index (χ3n) is 2.62. The topological polar surface area (TPSA) is 30.0 Å². The fourth-order valence-electron chi connectivity index (χ4n) is 1.37. The summed E-state index contributed by atoms with van der Waals surface area (Å²) in [5.74, 6) is -19.5. The van der Waals surface area contributed by atoms with E-state index in [0.29, 0.717) is 12.4 Å². The van der Waals surface area contributed by atoms with Crippen molar-refractivity contribution < 1.29 is 44.3 Å². The zero-order chi connectivity index (χ0) is 17.4. The molecule has 1 aromatic rings. The Morgan fingerprint density at radius 3 is 1.82 bits per heavy atom. The number of pyridine rings is 1. The Morgan fingerprint density at radius 2 is 1.45 bits per heavy atom. The Labute approximate surface area is 116 Å². The first kappa shape index (κ1) is 18.2. The molecule has 0 unspecified atom stereocenters. The molecule has 0 amide bonds. The molecular formula is C11H6F9NO. The van der Waals surface area contributed by atoms with Crippen LogP contribution in [0.4, 0.5) is 39.5 Å². The molecule has 0 saturated carbocycles. The number of aromatic nitrogens is 1. The number of nitrogens with zero attached hydrogens (tertiary/aromatic N) is 1. The van der Waals surface area contributed by atoms with E-state index in [0.717, 1.165) is 0 Å². The summed E-state index contributed by atoms with van der Waals surface area (Å²) in [5, 5.41) is 0. The van der Waals surface area contributed by atoms with Crippen LogP contribution < -0.4 is 0 Å². The minimum Gasteiger partial charge on any atom is -0.303 e. The zero-order valence-corrected chi connectivity index (χ0v) is 10.3.